The molecule has 1 aliphatic heterocycles. The van der Waals surface area contributed by atoms with Crippen LogP contribution in [0.2, 0.25) is 0 Å². The largest absolute Gasteiger partial charge is 0.472 e. The number of ether oxygens (including phenoxy) is 1. The first-order valence-corrected chi connectivity index (χ1v) is 8.22. The van der Waals surface area contributed by atoms with Gasteiger partial charge in [-0.2, -0.15) is 0 Å². The first-order chi connectivity index (χ1) is 11.4. The fourth-order valence-corrected chi connectivity index (χ4v) is 3.40. The quantitative estimate of drug-likeness (QED) is 0.788. The van der Waals surface area contributed by atoms with Crippen molar-refractivity contribution in [2.24, 2.45) is 0 Å². The van der Waals surface area contributed by atoms with E-state index in [9.17, 15) is 0 Å². The molecule has 1 aromatic heterocycles. The van der Waals surface area contributed by atoms with E-state index < -0.39 is 0 Å². The minimum atomic E-state index is 0.188. The Balaban J connectivity index is 1.47. The molecular formula is C20H21NO2. The van der Waals surface area contributed by atoms with Gasteiger partial charge in [0.15, 0.2) is 0 Å². The number of hydrogen-bond donors (Lipinski definition) is 1. The summed E-state index contributed by atoms with van der Waals surface area (Å²) in [5, 5.41) is 5.97. The zero-order valence-corrected chi connectivity index (χ0v) is 13.1. The first-order valence-electron chi connectivity index (χ1n) is 8.22. The van der Waals surface area contributed by atoms with Gasteiger partial charge in [-0.3, -0.25) is 0 Å². The number of rotatable bonds is 4. The second-order valence-electron chi connectivity index (χ2n) is 6.19. The Morgan fingerprint density at radius 1 is 1.09 bits per heavy atom. The highest BCUT2D eigenvalue weighted by Crippen LogP contribution is 2.29. The lowest BCUT2D eigenvalue weighted by atomic mass is 9.89. The van der Waals surface area contributed by atoms with E-state index in [1.165, 1.54) is 21.9 Å². The van der Waals surface area contributed by atoms with Crippen molar-refractivity contribution in [3.05, 3.63) is 72.2 Å². The Kier molecular flexibility index (Phi) is 4.14. The van der Waals surface area contributed by atoms with Gasteiger partial charge in [-0.15, -0.1) is 0 Å². The van der Waals surface area contributed by atoms with E-state index in [1.807, 2.05) is 6.26 Å². The number of hydrogen-bond acceptors (Lipinski definition) is 3. The molecule has 3 aromatic rings. The standard InChI is InChI=1S/C20H21NO2/c1-2-4-17-11-15(5-6-16(17)3-1)13-23-20-12-21-9-7-19(20)18-8-10-22-14-18/h1-6,8,10-11,14,19-21H,7,9,12-13H2/t19-,20-/m1/s1. The van der Waals surface area contributed by atoms with Gasteiger partial charge in [0, 0.05) is 12.5 Å². The zero-order chi connectivity index (χ0) is 15.5. The summed E-state index contributed by atoms with van der Waals surface area (Å²) < 4.78 is 11.5. The Labute approximate surface area is 136 Å². The monoisotopic (exact) mass is 307 g/mol. The van der Waals surface area contributed by atoms with E-state index in [1.54, 1.807) is 6.26 Å². The summed E-state index contributed by atoms with van der Waals surface area (Å²) in [6.45, 7) is 2.57. The molecule has 23 heavy (non-hydrogen) atoms. The maximum Gasteiger partial charge on any atom is 0.0938 e. The molecule has 2 heterocycles. The van der Waals surface area contributed by atoms with Gasteiger partial charge in [0.1, 0.15) is 0 Å². The van der Waals surface area contributed by atoms with Gasteiger partial charge in [-0.1, -0.05) is 36.4 Å². The third-order valence-electron chi connectivity index (χ3n) is 4.68. The highest BCUT2D eigenvalue weighted by atomic mass is 16.5. The fraction of sp³-hybridized carbons (Fsp3) is 0.300. The smallest absolute Gasteiger partial charge is 0.0938 e. The first kappa shape index (κ1) is 14.5. The van der Waals surface area contributed by atoms with Crippen LogP contribution in [-0.2, 0) is 11.3 Å². The van der Waals surface area contributed by atoms with Gasteiger partial charge < -0.3 is 14.5 Å². The summed E-state index contributed by atoms with van der Waals surface area (Å²) in [7, 11) is 0. The van der Waals surface area contributed by atoms with E-state index in [2.05, 4.69) is 53.8 Å². The van der Waals surface area contributed by atoms with E-state index in [-0.39, 0.29) is 6.10 Å². The van der Waals surface area contributed by atoms with E-state index >= 15 is 0 Å². The number of furan rings is 1. The van der Waals surface area contributed by atoms with Gasteiger partial charge in [0.2, 0.25) is 0 Å². The van der Waals surface area contributed by atoms with Crippen molar-refractivity contribution >= 4 is 10.8 Å². The molecule has 0 bridgehead atoms. The minimum Gasteiger partial charge on any atom is -0.472 e. The zero-order valence-electron chi connectivity index (χ0n) is 13.1. The summed E-state index contributed by atoms with van der Waals surface area (Å²) in [6.07, 6.45) is 4.87. The molecule has 0 spiro atoms. The number of benzene rings is 2. The number of fused-ring (bicyclic) bond motifs is 1. The van der Waals surface area contributed by atoms with Crippen LogP contribution in [0.15, 0.2) is 65.5 Å². The lowest BCUT2D eigenvalue weighted by Gasteiger charge is -2.31. The predicted molar refractivity (Wildman–Crippen MR) is 91.5 cm³/mol. The van der Waals surface area contributed by atoms with Gasteiger partial charge in [0.25, 0.3) is 0 Å². The molecule has 118 valence electrons. The van der Waals surface area contributed by atoms with Crippen molar-refractivity contribution in [2.75, 3.05) is 13.1 Å². The molecule has 4 rings (SSSR count). The van der Waals surface area contributed by atoms with Crippen molar-refractivity contribution in [1.82, 2.24) is 5.32 Å². The second-order valence-corrected chi connectivity index (χ2v) is 6.19. The van der Waals surface area contributed by atoms with E-state index in [0.29, 0.717) is 12.5 Å². The molecule has 1 saturated heterocycles. The van der Waals surface area contributed by atoms with Gasteiger partial charge in [0.05, 0.1) is 25.2 Å². The fourth-order valence-electron chi connectivity index (χ4n) is 3.40. The third-order valence-corrected chi connectivity index (χ3v) is 4.68. The number of nitrogens with one attached hydrogen (secondary N) is 1. The number of piperidine rings is 1. The molecular weight excluding hydrogens is 286 g/mol. The Morgan fingerprint density at radius 2 is 2.00 bits per heavy atom. The summed E-state index contributed by atoms with van der Waals surface area (Å²) in [6, 6.07) is 17.0. The van der Waals surface area contributed by atoms with Crippen molar-refractivity contribution in [1.29, 1.82) is 0 Å². The summed E-state index contributed by atoms with van der Waals surface area (Å²) in [5.74, 6) is 0.412. The average Bonchev–Trinajstić information content (AvgIpc) is 3.14. The molecule has 1 aliphatic rings. The highest BCUT2D eigenvalue weighted by Gasteiger charge is 2.27. The summed E-state index contributed by atoms with van der Waals surface area (Å²) in [5.41, 5.74) is 2.47. The Bertz CT molecular complexity index is 766. The molecule has 0 aliphatic carbocycles. The normalized spacial score (nSPS) is 21.6. The van der Waals surface area contributed by atoms with Crippen molar-refractivity contribution in [2.45, 2.75) is 25.0 Å². The summed E-state index contributed by atoms with van der Waals surface area (Å²) in [4.78, 5) is 0. The molecule has 1 N–H and O–H groups in total. The van der Waals surface area contributed by atoms with Gasteiger partial charge in [-0.05, 0) is 47.0 Å². The third kappa shape index (κ3) is 3.16. The van der Waals surface area contributed by atoms with Gasteiger partial charge in [-0.25, -0.2) is 0 Å². The topological polar surface area (TPSA) is 34.4 Å². The Morgan fingerprint density at radius 3 is 2.87 bits per heavy atom. The van der Waals surface area contributed by atoms with Crippen LogP contribution in [0.3, 0.4) is 0 Å². The van der Waals surface area contributed by atoms with Gasteiger partial charge >= 0.3 is 0 Å². The summed E-state index contributed by atoms with van der Waals surface area (Å²) >= 11 is 0. The Hall–Kier alpha value is -2.10. The molecule has 0 saturated carbocycles. The van der Waals surface area contributed by atoms with Crippen molar-refractivity contribution in [3.63, 3.8) is 0 Å². The lowest BCUT2D eigenvalue weighted by molar-refractivity contribution is 0.0105. The predicted octanol–water partition coefficient (Wildman–Crippen LogP) is 4.10. The molecule has 3 heteroatoms. The highest BCUT2D eigenvalue weighted by molar-refractivity contribution is 5.82. The van der Waals surface area contributed by atoms with E-state index in [4.69, 9.17) is 9.15 Å². The molecule has 2 atom stereocenters. The maximum absolute atomic E-state index is 6.25. The van der Waals surface area contributed by atoms with Crippen LogP contribution in [0.4, 0.5) is 0 Å². The van der Waals surface area contributed by atoms with Crippen LogP contribution in [0.25, 0.3) is 10.8 Å². The van der Waals surface area contributed by atoms with E-state index in [0.717, 1.165) is 19.5 Å². The van der Waals surface area contributed by atoms with Crippen molar-refractivity contribution < 1.29 is 9.15 Å². The average molecular weight is 307 g/mol. The molecule has 0 amide bonds. The maximum atomic E-state index is 6.25. The van der Waals surface area contributed by atoms with Crippen LogP contribution in [-0.4, -0.2) is 19.2 Å². The second kappa shape index (κ2) is 6.57. The molecule has 1 fully saturated rings. The molecule has 0 unspecified atom stereocenters. The van der Waals surface area contributed by atoms with Crippen molar-refractivity contribution in [3.8, 4) is 0 Å². The van der Waals surface area contributed by atoms with Crippen LogP contribution < -0.4 is 5.32 Å². The lowest BCUT2D eigenvalue weighted by Crippen LogP contribution is -2.40. The SMILES string of the molecule is c1ccc2cc(CO[C@@H]3CNCC[C@@H]3c3ccoc3)ccc2c1. The molecule has 2 aromatic carbocycles. The van der Waals surface area contributed by atoms with Crippen LogP contribution in [0, 0.1) is 0 Å². The molecule has 3 nitrogen and oxygen atoms in total. The minimum absolute atomic E-state index is 0.188. The van der Waals surface area contributed by atoms with Crippen LogP contribution >= 0.6 is 0 Å². The van der Waals surface area contributed by atoms with Crippen LogP contribution in [0.5, 0.6) is 0 Å². The molecule has 0 radical (unpaired) electrons. The van der Waals surface area contributed by atoms with Crippen LogP contribution in [0.1, 0.15) is 23.5 Å².